The Morgan fingerprint density at radius 1 is 1.45 bits per heavy atom. The van der Waals surface area contributed by atoms with Gasteiger partial charge in [-0.25, -0.2) is 13.1 Å². The summed E-state index contributed by atoms with van der Waals surface area (Å²) in [6, 6.07) is 2.88. The molecule has 7 nitrogen and oxygen atoms in total. The van der Waals surface area contributed by atoms with Crippen molar-refractivity contribution < 1.29 is 17.7 Å². The van der Waals surface area contributed by atoms with Crippen LogP contribution in [0.5, 0.6) is 0 Å². The van der Waals surface area contributed by atoms with E-state index in [-0.39, 0.29) is 19.0 Å². The monoisotopic (exact) mass is 327 g/mol. The van der Waals surface area contributed by atoms with Gasteiger partial charge in [0.1, 0.15) is 0 Å². The summed E-state index contributed by atoms with van der Waals surface area (Å²) < 4.78 is 39.7. The molecule has 0 saturated heterocycles. The summed E-state index contributed by atoms with van der Waals surface area (Å²) in [5.41, 5.74) is 3.30. The van der Waals surface area contributed by atoms with Crippen LogP contribution in [-0.4, -0.2) is 25.4 Å². The maximum atomic E-state index is 13.4. The van der Waals surface area contributed by atoms with E-state index in [0.717, 1.165) is 18.2 Å². The van der Waals surface area contributed by atoms with Gasteiger partial charge in [-0.3, -0.25) is 10.1 Å². The molecule has 0 heterocycles. The average molecular weight is 328 g/mol. The van der Waals surface area contributed by atoms with Crippen molar-refractivity contribution in [3.05, 3.63) is 34.1 Å². The molecule has 114 valence electrons. The highest BCUT2D eigenvalue weighted by atomic mass is 35.5. The molecule has 0 unspecified atom stereocenters. The molecule has 0 fully saturated rings. The Balaban J connectivity index is 0.00000361. The summed E-state index contributed by atoms with van der Waals surface area (Å²) in [6.45, 7) is 3.00. The summed E-state index contributed by atoms with van der Waals surface area (Å²) in [4.78, 5) is 8.98. The fraction of sp³-hybridized carbons (Fsp3) is 0.400. The number of benzene rings is 1. The quantitative estimate of drug-likeness (QED) is 0.622. The number of nitrogens with two attached hydrogens (primary N) is 1. The van der Waals surface area contributed by atoms with Crippen molar-refractivity contribution >= 4 is 28.1 Å². The van der Waals surface area contributed by atoms with Crippen LogP contribution in [-0.2, 0) is 10.0 Å². The van der Waals surface area contributed by atoms with Gasteiger partial charge in [0, 0.05) is 12.1 Å². The Labute approximate surface area is 122 Å². The van der Waals surface area contributed by atoms with Crippen molar-refractivity contribution in [2.24, 2.45) is 5.73 Å². The molecule has 0 radical (unpaired) electrons. The highest BCUT2D eigenvalue weighted by Crippen LogP contribution is 2.27. The van der Waals surface area contributed by atoms with Crippen LogP contribution in [0, 0.1) is 15.9 Å². The minimum absolute atomic E-state index is 0. The number of halogens is 2. The van der Waals surface area contributed by atoms with Crippen LogP contribution < -0.4 is 10.5 Å². The van der Waals surface area contributed by atoms with E-state index in [4.69, 9.17) is 5.73 Å². The molecule has 0 aliphatic rings. The minimum atomic E-state index is -4.24. The zero-order valence-corrected chi connectivity index (χ0v) is 12.4. The van der Waals surface area contributed by atoms with E-state index in [0.29, 0.717) is 0 Å². The molecule has 0 spiro atoms. The first kappa shape index (κ1) is 18.7. The first-order valence-electron chi connectivity index (χ1n) is 5.28. The van der Waals surface area contributed by atoms with Crippen LogP contribution in [0.2, 0.25) is 0 Å². The summed E-state index contributed by atoms with van der Waals surface area (Å²) in [5, 5.41) is 10.8. The van der Waals surface area contributed by atoms with Gasteiger partial charge in [-0.15, -0.1) is 12.4 Å². The standard InChI is InChI=1S/C10H14FN3O4S.ClH/c1-10(2,6-12)13-19(17,18)8-5-3-4-7(11)9(8)14(15)16;/h3-5,13H,6,12H2,1-2H3;1H. The van der Waals surface area contributed by atoms with E-state index < -0.39 is 36.9 Å². The predicted octanol–water partition coefficient (Wildman–Crippen LogP) is 1.17. The van der Waals surface area contributed by atoms with E-state index >= 15 is 0 Å². The number of nitro benzene ring substituents is 1. The van der Waals surface area contributed by atoms with Gasteiger partial charge in [0.2, 0.25) is 15.8 Å². The molecule has 1 aromatic rings. The topological polar surface area (TPSA) is 115 Å². The summed E-state index contributed by atoms with van der Waals surface area (Å²) in [6.07, 6.45) is 0. The highest BCUT2D eigenvalue weighted by Gasteiger charge is 2.32. The molecule has 0 amide bonds. The van der Waals surface area contributed by atoms with Crippen LogP contribution in [0.1, 0.15) is 13.8 Å². The molecular weight excluding hydrogens is 313 g/mol. The van der Waals surface area contributed by atoms with E-state index in [9.17, 15) is 22.9 Å². The molecule has 1 aromatic carbocycles. The van der Waals surface area contributed by atoms with Gasteiger partial charge < -0.3 is 5.73 Å². The van der Waals surface area contributed by atoms with Gasteiger partial charge in [-0.1, -0.05) is 6.07 Å². The van der Waals surface area contributed by atoms with Crippen LogP contribution in [0.3, 0.4) is 0 Å². The predicted molar refractivity (Wildman–Crippen MR) is 73.8 cm³/mol. The molecule has 0 aliphatic heterocycles. The summed E-state index contributed by atoms with van der Waals surface area (Å²) in [5.74, 6) is -1.21. The number of nitro groups is 1. The molecule has 0 aliphatic carbocycles. The minimum Gasteiger partial charge on any atom is -0.329 e. The Morgan fingerprint density at radius 2 is 2.00 bits per heavy atom. The van der Waals surface area contributed by atoms with E-state index in [2.05, 4.69) is 4.72 Å². The van der Waals surface area contributed by atoms with E-state index in [1.807, 2.05) is 0 Å². The van der Waals surface area contributed by atoms with Crippen molar-refractivity contribution in [3.8, 4) is 0 Å². The molecule has 20 heavy (non-hydrogen) atoms. The third-order valence-electron chi connectivity index (χ3n) is 2.34. The molecule has 10 heteroatoms. The van der Waals surface area contributed by atoms with Crippen LogP contribution in [0.25, 0.3) is 0 Å². The van der Waals surface area contributed by atoms with Crippen molar-refractivity contribution in [3.63, 3.8) is 0 Å². The van der Waals surface area contributed by atoms with Gasteiger partial charge in [0.25, 0.3) is 0 Å². The normalized spacial score (nSPS) is 11.8. The lowest BCUT2D eigenvalue weighted by molar-refractivity contribution is -0.390. The van der Waals surface area contributed by atoms with Gasteiger partial charge >= 0.3 is 5.69 Å². The molecule has 3 N–H and O–H groups in total. The van der Waals surface area contributed by atoms with Gasteiger partial charge in [0.05, 0.1) is 4.92 Å². The van der Waals surface area contributed by atoms with Gasteiger partial charge in [-0.2, -0.15) is 4.39 Å². The average Bonchev–Trinajstić information content (AvgIpc) is 2.27. The fourth-order valence-corrected chi connectivity index (χ4v) is 2.96. The third-order valence-corrected chi connectivity index (χ3v) is 4.07. The fourth-order valence-electron chi connectivity index (χ4n) is 1.35. The first-order chi connectivity index (χ1) is 8.60. The van der Waals surface area contributed by atoms with Crippen molar-refractivity contribution in [2.75, 3.05) is 6.54 Å². The maximum absolute atomic E-state index is 13.4. The van der Waals surface area contributed by atoms with Crippen molar-refractivity contribution in [1.29, 1.82) is 0 Å². The number of nitrogens with zero attached hydrogens (tertiary/aromatic N) is 1. The highest BCUT2D eigenvalue weighted by molar-refractivity contribution is 7.89. The maximum Gasteiger partial charge on any atom is 0.324 e. The summed E-state index contributed by atoms with van der Waals surface area (Å²) >= 11 is 0. The number of hydrogen-bond donors (Lipinski definition) is 2. The van der Waals surface area contributed by atoms with Gasteiger partial charge in [-0.05, 0) is 26.0 Å². The largest absolute Gasteiger partial charge is 0.329 e. The van der Waals surface area contributed by atoms with Crippen molar-refractivity contribution in [2.45, 2.75) is 24.3 Å². The van der Waals surface area contributed by atoms with Crippen LogP contribution in [0.15, 0.2) is 23.1 Å². The second-order valence-electron chi connectivity index (χ2n) is 4.54. The number of nitrogens with one attached hydrogen (secondary N) is 1. The Hall–Kier alpha value is -1.29. The second-order valence-corrected chi connectivity index (χ2v) is 6.19. The number of hydrogen-bond acceptors (Lipinski definition) is 5. The van der Waals surface area contributed by atoms with Crippen molar-refractivity contribution in [1.82, 2.24) is 4.72 Å². The van der Waals surface area contributed by atoms with E-state index in [1.54, 1.807) is 0 Å². The van der Waals surface area contributed by atoms with E-state index in [1.165, 1.54) is 13.8 Å². The molecule has 0 aromatic heterocycles. The molecule has 1 rings (SSSR count). The third kappa shape index (κ3) is 4.10. The number of sulfonamides is 1. The second kappa shape index (κ2) is 6.44. The Bertz CT molecular complexity index is 607. The molecule has 0 bridgehead atoms. The first-order valence-corrected chi connectivity index (χ1v) is 6.76. The Morgan fingerprint density at radius 3 is 2.45 bits per heavy atom. The summed E-state index contributed by atoms with van der Waals surface area (Å²) in [7, 11) is -4.24. The lowest BCUT2D eigenvalue weighted by atomic mass is 10.1. The zero-order valence-electron chi connectivity index (χ0n) is 10.8. The molecule has 0 saturated carbocycles. The Kier molecular flexibility index (Phi) is 6.02. The smallest absolute Gasteiger partial charge is 0.324 e. The van der Waals surface area contributed by atoms with Crippen LogP contribution in [0.4, 0.5) is 10.1 Å². The SMILES string of the molecule is CC(C)(CN)NS(=O)(=O)c1cccc(F)c1[N+](=O)[O-].Cl. The lowest BCUT2D eigenvalue weighted by Crippen LogP contribution is -2.48. The molecular formula is C10H15ClFN3O4S. The zero-order chi connectivity index (χ0) is 14.8. The van der Waals surface area contributed by atoms with Gasteiger partial charge in [0.15, 0.2) is 4.90 Å². The lowest BCUT2D eigenvalue weighted by Gasteiger charge is -2.23. The molecule has 0 atom stereocenters. The number of rotatable bonds is 5. The number of para-hydroxylation sites is 1. The van der Waals surface area contributed by atoms with Crippen LogP contribution >= 0.6 is 12.4 Å².